The Hall–Kier alpha value is -0.520. The average molecular weight is 343 g/mol. The van der Waals surface area contributed by atoms with E-state index in [0.717, 1.165) is 23.6 Å². The number of benzene rings is 1. The maximum absolute atomic E-state index is 12.0. The highest BCUT2D eigenvalue weighted by Gasteiger charge is 2.27. The average Bonchev–Trinajstić information content (AvgIpc) is 3.18. The molecule has 104 valence electrons. The van der Waals surface area contributed by atoms with Crippen molar-refractivity contribution in [3.05, 3.63) is 28.2 Å². The van der Waals surface area contributed by atoms with Crippen molar-refractivity contribution in [1.29, 1.82) is 0 Å². The molecular weight excluding hydrogens is 324 g/mol. The van der Waals surface area contributed by atoms with E-state index in [4.69, 9.17) is 0 Å². The first-order valence-electron chi connectivity index (χ1n) is 6.62. The van der Waals surface area contributed by atoms with Crippen molar-refractivity contribution in [1.82, 2.24) is 10.2 Å². The van der Waals surface area contributed by atoms with Gasteiger partial charge in [-0.3, -0.25) is 9.69 Å². The van der Waals surface area contributed by atoms with Gasteiger partial charge < -0.3 is 5.32 Å². The van der Waals surface area contributed by atoms with Gasteiger partial charge in [-0.15, -0.1) is 12.6 Å². The lowest BCUT2D eigenvalue weighted by molar-refractivity contribution is 0.0945. The number of carbonyl (C=O) groups is 1. The van der Waals surface area contributed by atoms with Crippen LogP contribution in [0.5, 0.6) is 0 Å². The van der Waals surface area contributed by atoms with Gasteiger partial charge in [0.05, 0.1) is 5.56 Å². The molecule has 5 heteroatoms. The molecule has 1 aromatic carbocycles. The normalized spacial score (nSPS) is 14.7. The van der Waals surface area contributed by atoms with Gasteiger partial charge in [0, 0.05) is 28.5 Å². The van der Waals surface area contributed by atoms with E-state index in [1.165, 1.54) is 12.8 Å². The molecule has 0 aromatic heterocycles. The molecule has 0 aliphatic heterocycles. The summed E-state index contributed by atoms with van der Waals surface area (Å²) >= 11 is 7.69. The summed E-state index contributed by atoms with van der Waals surface area (Å²) in [7, 11) is 0. The fourth-order valence-electron chi connectivity index (χ4n) is 2.14. The molecule has 1 fully saturated rings. The van der Waals surface area contributed by atoms with Crippen LogP contribution in [0.3, 0.4) is 0 Å². The summed E-state index contributed by atoms with van der Waals surface area (Å²) in [6.07, 6.45) is 2.60. The third-order valence-electron chi connectivity index (χ3n) is 3.36. The molecule has 2 rings (SSSR count). The van der Waals surface area contributed by atoms with Crippen molar-refractivity contribution in [2.24, 2.45) is 0 Å². The SMILES string of the molecule is CCN(CCNC(=O)c1ccc(Br)cc1S)C1CC1. The topological polar surface area (TPSA) is 32.3 Å². The minimum atomic E-state index is -0.0515. The number of carbonyl (C=O) groups excluding carboxylic acids is 1. The van der Waals surface area contributed by atoms with E-state index in [2.05, 4.69) is 45.7 Å². The molecule has 0 heterocycles. The number of likely N-dealkylation sites (N-methyl/N-ethyl adjacent to an activating group) is 1. The van der Waals surface area contributed by atoms with Crippen LogP contribution in [0.4, 0.5) is 0 Å². The summed E-state index contributed by atoms with van der Waals surface area (Å²) in [5.74, 6) is -0.0515. The quantitative estimate of drug-likeness (QED) is 0.779. The number of hydrogen-bond acceptors (Lipinski definition) is 3. The van der Waals surface area contributed by atoms with Crippen LogP contribution in [0.1, 0.15) is 30.1 Å². The van der Waals surface area contributed by atoms with Crippen molar-refractivity contribution < 1.29 is 4.79 Å². The van der Waals surface area contributed by atoms with Crippen LogP contribution in [-0.4, -0.2) is 36.5 Å². The fourth-order valence-corrected chi connectivity index (χ4v) is 3.00. The minimum Gasteiger partial charge on any atom is -0.351 e. The van der Waals surface area contributed by atoms with E-state index in [-0.39, 0.29) is 5.91 Å². The third kappa shape index (κ3) is 4.23. The summed E-state index contributed by atoms with van der Waals surface area (Å²) in [5.41, 5.74) is 0.626. The number of thiol groups is 1. The zero-order valence-electron chi connectivity index (χ0n) is 11.0. The van der Waals surface area contributed by atoms with Gasteiger partial charge >= 0.3 is 0 Å². The largest absolute Gasteiger partial charge is 0.351 e. The Morgan fingerprint density at radius 2 is 2.26 bits per heavy atom. The molecule has 0 saturated heterocycles. The summed E-state index contributed by atoms with van der Waals surface area (Å²) in [5, 5.41) is 2.96. The summed E-state index contributed by atoms with van der Waals surface area (Å²) in [6, 6.07) is 6.23. The molecule has 0 bridgehead atoms. The van der Waals surface area contributed by atoms with Crippen molar-refractivity contribution in [2.75, 3.05) is 19.6 Å². The lowest BCUT2D eigenvalue weighted by atomic mass is 10.2. The Kier molecular flexibility index (Phi) is 5.30. The van der Waals surface area contributed by atoms with E-state index in [1.807, 2.05) is 12.1 Å². The van der Waals surface area contributed by atoms with E-state index in [1.54, 1.807) is 6.07 Å². The van der Waals surface area contributed by atoms with Gasteiger partial charge in [0.15, 0.2) is 0 Å². The van der Waals surface area contributed by atoms with Crippen molar-refractivity contribution in [3.63, 3.8) is 0 Å². The molecule has 19 heavy (non-hydrogen) atoms. The molecule has 1 aliphatic carbocycles. The Bertz CT molecular complexity index is 463. The smallest absolute Gasteiger partial charge is 0.252 e. The molecule has 0 atom stereocenters. The molecule has 1 aromatic rings. The number of nitrogens with one attached hydrogen (secondary N) is 1. The first-order chi connectivity index (χ1) is 9.11. The number of halogens is 1. The number of hydrogen-bond donors (Lipinski definition) is 2. The van der Waals surface area contributed by atoms with Crippen LogP contribution in [0.2, 0.25) is 0 Å². The maximum atomic E-state index is 12.0. The van der Waals surface area contributed by atoms with E-state index < -0.39 is 0 Å². The van der Waals surface area contributed by atoms with Gasteiger partial charge in [0.25, 0.3) is 5.91 Å². The summed E-state index contributed by atoms with van der Waals surface area (Å²) in [6.45, 7) is 4.83. The molecule has 1 saturated carbocycles. The second-order valence-corrected chi connectivity index (χ2v) is 6.17. The lowest BCUT2D eigenvalue weighted by Gasteiger charge is -2.19. The van der Waals surface area contributed by atoms with Crippen LogP contribution in [0.15, 0.2) is 27.6 Å². The van der Waals surface area contributed by atoms with Gasteiger partial charge in [0.1, 0.15) is 0 Å². The summed E-state index contributed by atoms with van der Waals surface area (Å²) < 4.78 is 0.931. The summed E-state index contributed by atoms with van der Waals surface area (Å²) in [4.78, 5) is 15.2. The number of amides is 1. The van der Waals surface area contributed by atoms with E-state index in [9.17, 15) is 4.79 Å². The monoisotopic (exact) mass is 342 g/mol. The molecule has 0 spiro atoms. The lowest BCUT2D eigenvalue weighted by Crippen LogP contribution is -2.36. The van der Waals surface area contributed by atoms with Crippen molar-refractivity contribution in [3.8, 4) is 0 Å². The van der Waals surface area contributed by atoms with Gasteiger partial charge in [-0.05, 0) is 37.6 Å². The highest BCUT2D eigenvalue weighted by molar-refractivity contribution is 9.10. The highest BCUT2D eigenvalue weighted by Crippen LogP contribution is 2.25. The van der Waals surface area contributed by atoms with Crippen LogP contribution >= 0.6 is 28.6 Å². The molecule has 1 aliphatic rings. The van der Waals surface area contributed by atoms with Crippen molar-refractivity contribution in [2.45, 2.75) is 30.7 Å². The van der Waals surface area contributed by atoms with Crippen LogP contribution in [0, 0.1) is 0 Å². The van der Waals surface area contributed by atoms with Crippen LogP contribution in [-0.2, 0) is 0 Å². The maximum Gasteiger partial charge on any atom is 0.252 e. The van der Waals surface area contributed by atoms with Gasteiger partial charge in [-0.25, -0.2) is 0 Å². The van der Waals surface area contributed by atoms with Crippen molar-refractivity contribution >= 4 is 34.5 Å². The second kappa shape index (κ2) is 6.77. The molecule has 1 amide bonds. The minimum absolute atomic E-state index is 0.0515. The Labute approximate surface area is 128 Å². The third-order valence-corrected chi connectivity index (χ3v) is 4.22. The van der Waals surface area contributed by atoms with Crippen LogP contribution < -0.4 is 5.32 Å². The first-order valence-corrected chi connectivity index (χ1v) is 7.86. The van der Waals surface area contributed by atoms with Gasteiger partial charge in [-0.1, -0.05) is 22.9 Å². The number of nitrogens with zero attached hydrogens (tertiary/aromatic N) is 1. The standard InChI is InChI=1S/C14H19BrN2OS/c1-2-17(11-4-5-11)8-7-16-14(18)12-6-3-10(15)9-13(12)19/h3,6,9,11,19H,2,4-5,7-8H2,1H3,(H,16,18). The Morgan fingerprint density at radius 3 is 2.84 bits per heavy atom. The Balaban J connectivity index is 1.83. The van der Waals surface area contributed by atoms with E-state index in [0.29, 0.717) is 17.0 Å². The van der Waals surface area contributed by atoms with Crippen LogP contribution in [0.25, 0.3) is 0 Å². The fraction of sp³-hybridized carbons (Fsp3) is 0.500. The molecule has 1 N–H and O–H groups in total. The van der Waals surface area contributed by atoms with E-state index >= 15 is 0 Å². The Morgan fingerprint density at radius 1 is 1.53 bits per heavy atom. The predicted molar refractivity (Wildman–Crippen MR) is 84.0 cm³/mol. The molecule has 0 unspecified atom stereocenters. The zero-order chi connectivity index (χ0) is 13.8. The zero-order valence-corrected chi connectivity index (χ0v) is 13.5. The van der Waals surface area contributed by atoms with Gasteiger partial charge in [-0.2, -0.15) is 0 Å². The first kappa shape index (κ1) is 14.9. The predicted octanol–water partition coefficient (Wildman–Crippen LogP) is 2.95. The second-order valence-electron chi connectivity index (χ2n) is 4.78. The molecule has 0 radical (unpaired) electrons. The highest BCUT2D eigenvalue weighted by atomic mass is 79.9. The molecular formula is C14H19BrN2OS. The van der Waals surface area contributed by atoms with Gasteiger partial charge in [0.2, 0.25) is 0 Å². The molecule has 3 nitrogen and oxygen atoms in total. The number of rotatable bonds is 6.